The predicted molar refractivity (Wildman–Crippen MR) is 138 cm³/mol. The van der Waals surface area contributed by atoms with Gasteiger partial charge in [0, 0.05) is 24.2 Å². The van der Waals surface area contributed by atoms with Crippen LogP contribution in [0.3, 0.4) is 0 Å². The SMILES string of the molecule is CC(C)(C)NC(=O)CC(NC(=O)CNC(=O)O)C(=O)NCCNC(=O)c1cc(-c2ccccc2F)ccc1F. The fourth-order valence-electron chi connectivity index (χ4n) is 3.41. The van der Waals surface area contributed by atoms with Gasteiger partial charge in [0.25, 0.3) is 5.91 Å². The van der Waals surface area contributed by atoms with E-state index in [9.17, 15) is 32.8 Å². The molecule has 2 aromatic rings. The number of carbonyl (C=O) groups excluding carboxylic acids is 4. The van der Waals surface area contributed by atoms with Crippen LogP contribution in [0.15, 0.2) is 42.5 Å². The maximum Gasteiger partial charge on any atom is 0.405 e. The Hall–Kier alpha value is -4.55. The molecule has 0 saturated carbocycles. The minimum absolute atomic E-state index is 0.136. The summed E-state index contributed by atoms with van der Waals surface area (Å²) in [5.41, 5.74) is -0.425. The van der Waals surface area contributed by atoms with Gasteiger partial charge in [-0.25, -0.2) is 13.6 Å². The second kappa shape index (κ2) is 13.8. The highest BCUT2D eigenvalue weighted by Crippen LogP contribution is 2.24. The molecule has 0 aromatic heterocycles. The number of hydrogen-bond donors (Lipinski definition) is 6. The maximum atomic E-state index is 14.3. The molecule has 6 N–H and O–H groups in total. The average molecular weight is 548 g/mol. The topological polar surface area (TPSA) is 166 Å². The van der Waals surface area contributed by atoms with Gasteiger partial charge in [-0.1, -0.05) is 24.3 Å². The van der Waals surface area contributed by atoms with Crippen molar-refractivity contribution in [3.63, 3.8) is 0 Å². The second-order valence-electron chi connectivity index (χ2n) is 9.50. The molecule has 0 spiro atoms. The Morgan fingerprint density at radius 1 is 0.872 bits per heavy atom. The van der Waals surface area contributed by atoms with E-state index in [-0.39, 0.29) is 24.2 Å². The first kappa shape index (κ1) is 30.7. The molecule has 1 unspecified atom stereocenters. The van der Waals surface area contributed by atoms with E-state index < -0.39 is 65.9 Å². The highest BCUT2D eigenvalue weighted by Gasteiger charge is 2.26. The van der Waals surface area contributed by atoms with Gasteiger partial charge in [0.05, 0.1) is 12.0 Å². The molecule has 1 atom stereocenters. The first-order valence-corrected chi connectivity index (χ1v) is 11.9. The summed E-state index contributed by atoms with van der Waals surface area (Å²) in [7, 11) is 0. The van der Waals surface area contributed by atoms with Crippen LogP contribution in [-0.2, 0) is 14.4 Å². The zero-order chi connectivity index (χ0) is 29.2. The van der Waals surface area contributed by atoms with Crippen LogP contribution in [0.5, 0.6) is 0 Å². The summed E-state index contributed by atoms with van der Waals surface area (Å²) in [5, 5.41) is 20.4. The molecular weight excluding hydrogens is 516 g/mol. The van der Waals surface area contributed by atoms with Crippen LogP contribution in [0.25, 0.3) is 11.1 Å². The monoisotopic (exact) mass is 547 g/mol. The van der Waals surface area contributed by atoms with Crippen molar-refractivity contribution in [2.24, 2.45) is 0 Å². The van der Waals surface area contributed by atoms with E-state index in [1.165, 1.54) is 30.3 Å². The number of carbonyl (C=O) groups is 5. The molecule has 0 saturated heterocycles. The molecule has 5 amide bonds. The minimum Gasteiger partial charge on any atom is -0.465 e. The van der Waals surface area contributed by atoms with Crippen LogP contribution >= 0.6 is 0 Å². The van der Waals surface area contributed by atoms with E-state index in [1.54, 1.807) is 26.8 Å². The van der Waals surface area contributed by atoms with E-state index >= 15 is 0 Å². The summed E-state index contributed by atoms with van der Waals surface area (Å²) < 4.78 is 28.4. The summed E-state index contributed by atoms with van der Waals surface area (Å²) in [6.45, 7) is 4.28. The quantitative estimate of drug-likeness (QED) is 0.234. The Bertz CT molecular complexity index is 1230. The number of nitrogens with one attached hydrogen (secondary N) is 5. The Balaban J connectivity index is 1.98. The third-order valence-corrected chi connectivity index (χ3v) is 5.06. The van der Waals surface area contributed by atoms with Crippen molar-refractivity contribution < 1.29 is 37.9 Å². The zero-order valence-corrected chi connectivity index (χ0v) is 21.7. The molecule has 13 heteroatoms. The van der Waals surface area contributed by atoms with Crippen LogP contribution in [0.1, 0.15) is 37.6 Å². The van der Waals surface area contributed by atoms with Gasteiger partial charge >= 0.3 is 6.09 Å². The van der Waals surface area contributed by atoms with Gasteiger partial charge in [0.2, 0.25) is 17.7 Å². The zero-order valence-electron chi connectivity index (χ0n) is 21.7. The predicted octanol–water partition coefficient (Wildman–Crippen LogP) is 1.54. The second-order valence-corrected chi connectivity index (χ2v) is 9.50. The fraction of sp³-hybridized carbons (Fsp3) is 0.346. The molecule has 210 valence electrons. The van der Waals surface area contributed by atoms with Crippen molar-refractivity contribution in [2.75, 3.05) is 19.6 Å². The summed E-state index contributed by atoms with van der Waals surface area (Å²) in [5.74, 6) is -4.28. The summed E-state index contributed by atoms with van der Waals surface area (Å²) in [6, 6.07) is 8.13. The van der Waals surface area contributed by atoms with Crippen LogP contribution in [0, 0.1) is 11.6 Å². The molecular formula is C26H31F2N5O6. The molecule has 0 fully saturated rings. The van der Waals surface area contributed by atoms with E-state index in [0.29, 0.717) is 5.56 Å². The molecule has 0 heterocycles. The number of hydrogen-bond acceptors (Lipinski definition) is 5. The fourth-order valence-corrected chi connectivity index (χ4v) is 3.41. The lowest BCUT2D eigenvalue weighted by molar-refractivity contribution is -0.132. The van der Waals surface area contributed by atoms with Gasteiger partial charge in [-0.05, 0) is 44.5 Å². The molecule has 0 radical (unpaired) electrons. The van der Waals surface area contributed by atoms with Crippen molar-refractivity contribution >= 4 is 29.7 Å². The molecule has 0 aliphatic carbocycles. The highest BCUT2D eigenvalue weighted by atomic mass is 19.1. The number of halogens is 2. The third-order valence-electron chi connectivity index (χ3n) is 5.06. The molecule has 0 aliphatic heterocycles. The largest absolute Gasteiger partial charge is 0.465 e. The van der Waals surface area contributed by atoms with E-state index in [4.69, 9.17) is 5.11 Å². The lowest BCUT2D eigenvalue weighted by Crippen LogP contribution is -2.53. The van der Waals surface area contributed by atoms with E-state index in [1.807, 2.05) is 5.32 Å². The van der Waals surface area contributed by atoms with Crippen molar-refractivity contribution in [1.29, 1.82) is 0 Å². The smallest absolute Gasteiger partial charge is 0.405 e. The van der Waals surface area contributed by atoms with Crippen molar-refractivity contribution in [3.8, 4) is 11.1 Å². The highest BCUT2D eigenvalue weighted by molar-refractivity contribution is 5.96. The van der Waals surface area contributed by atoms with Crippen molar-refractivity contribution in [1.82, 2.24) is 26.6 Å². The standard InChI is InChI=1S/C26H31F2N5O6/c1-26(2,3)33-21(34)13-20(32-22(35)14-31-25(38)39)24(37)30-11-10-29-23(36)17-12-15(8-9-19(17)28)16-6-4-5-7-18(16)27/h4-9,12,20,31H,10-11,13-14H2,1-3H3,(H,29,36)(H,30,37)(H,32,35)(H,33,34)(H,38,39). The van der Waals surface area contributed by atoms with E-state index in [0.717, 1.165) is 6.07 Å². The minimum atomic E-state index is -1.44. The summed E-state index contributed by atoms with van der Waals surface area (Å²) in [4.78, 5) is 60.2. The van der Waals surface area contributed by atoms with Gasteiger partial charge < -0.3 is 31.7 Å². The summed E-state index contributed by atoms with van der Waals surface area (Å²) >= 11 is 0. The molecule has 39 heavy (non-hydrogen) atoms. The molecule has 2 rings (SSSR count). The normalized spacial score (nSPS) is 11.6. The molecule has 0 aliphatic rings. The van der Waals surface area contributed by atoms with E-state index in [2.05, 4.69) is 21.3 Å². The van der Waals surface area contributed by atoms with Crippen molar-refractivity contribution in [3.05, 3.63) is 59.7 Å². The van der Waals surface area contributed by atoms with Gasteiger partial charge in [0.1, 0.15) is 24.2 Å². The first-order chi connectivity index (χ1) is 18.3. The van der Waals surface area contributed by atoms with Crippen LogP contribution in [-0.4, -0.2) is 66.0 Å². The van der Waals surface area contributed by atoms with Crippen molar-refractivity contribution in [2.45, 2.75) is 38.8 Å². The van der Waals surface area contributed by atoms with Crippen LogP contribution in [0.4, 0.5) is 13.6 Å². The lowest BCUT2D eigenvalue weighted by Gasteiger charge is -2.23. The summed E-state index contributed by atoms with van der Waals surface area (Å²) in [6.07, 6.45) is -1.87. The first-order valence-electron chi connectivity index (χ1n) is 11.9. The Morgan fingerprint density at radius 3 is 2.18 bits per heavy atom. The van der Waals surface area contributed by atoms with Gasteiger partial charge in [-0.2, -0.15) is 0 Å². The number of amides is 5. The average Bonchev–Trinajstić information content (AvgIpc) is 2.84. The van der Waals surface area contributed by atoms with Gasteiger partial charge in [-0.3, -0.25) is 19.2 Å². The lowest BCUT2D eigenvalue weighted by atomic mass is 10.0. The Labute approximate surface area is 223 Å². The Morgan fingerprint density at radius 2 is 1.54 bits per heavy atom. The molecule has 2 aromatic carbocycles. The number of benzene rings is 2. The van der Waals surface area contributed by atoms with Crippen LogP contribution < -0.4 is 26.6 Å². The van der Waals surface area contributed by atoms with Gasteiger partial charge in [-0.15, -0.1) is 0 Å². The number of carboxylic acid groups (broad SMARTS) is 1. The third kappa shape index (κ3) is 10.4. The van der Waals surface area contributed by atoms with Gasteiger partial charge in [0.15, 0.2) is 0 Å². The molecule has 0 bridgehead atoms. The number of rotatable bonds is 11. The Kier molecular flexibility index (Phi) is 10.9. The maximum absolute atomic E-state index is 14.3. The molecule has 11 nitrogen and oxygen atoms in total. The van der Waals surface area contributed by atoms with Crippen LogP contribution in [0.2, 0.25) is 0 Å².